The van der Waals surface area contributed by atoms with Crippen LogP contribution >= 0.6 is 0 Å². The average Bonchev–Trinajstić information content (AvgIpc) is 2.41. The van der Waals surface area contributed by atoms with Gasteiger partial charge in [0.05, 0.1) is 0 Å². The van der Waals surface area contributed by atoms with E-state index >= 15 is 0 Å². The van der Waals surface area contributed by atoms with E-state index in [1.807, 2.05) is 35.8 Å². The van der Waals surface area contributed by atoms with Crippen LogP contribution in [0.3, 0.4) is 0 Å². The molecule has 3 amide bonds. The number of benzene rings is 1. The molecule has 3 N–H and O–H groups in total. The third kappa shape index (κ3) is 6.91. The maximum absolute atomic E-state index is 11.5. The Labute approximate surface area is 123 Å². The van der Waals surface area contributed by atoms with Crippen molar-refractivity contribution in [2.24, 2.45) is 0 Å². The van der Waals surface area contributed by atoms with E-state index in [4.69, 9.17) is 0 Å². The first kappa shape index (κ1) is 16.4. The summed E-state index contributed by atoms with van der Waals surface area (Å²) in [6.07, 6.45) is 2.86. The zero-order chi connectivity index (χ0) is 15.9. The van der Waals surface area contributed by atoms with Crippen molar-refractivity contribution in [3.63, 3.8) is 0 Å². The molecule has 6 nitrogen and oxygen atoms in total. The predicted octanol–water partition coefficient (Wildman–Crippen LogP) is 0.762. The lowest BCUT2D eigenvalue weighted by Crippen LogP contribution is -2.52. The van der Waals surface area contributed by atoms with Crippen molar-refractivity contribution < 1.29 is 14.4 Å². The van der Waals surface area contributed by atoms with Crippen molar-refractivity contribution >= 4 is 23.8 Å². The third-order valence-corrected chi connectivity index (χ3v) is 2.22. The summed E-state index contributed by atoms with van der Waals surface area (Å²) in [7, 11) is 0. The lowest BCUT2D eigenvalue weighted by Gasteiger charge is -2.19. The number of hydrazine groups is 1. The molecular formula is C15H19N3O3. The van der Waals surface area contributed by atoms with Crippen LogP contribution in [0.4, 0.5) is 0 Å². The fourth-order valence-corrected chi connectivity index (χ4v) is 1.35. The Morgan fingerprint density at radius 1 is 0.952 bits per heavy atom. The van der Waals surface area contributed by atoms with E-state index in [2.05, 4.69) is 10.7 Å². The normalized spacial score (nSPS) is 11.0. The van der Waals surface area contributed by atoms with Crippen molar-refractivity contribution in [1.29, 1.82) is 0 Å². The van der Waals surface area contributed by atoms with Crippen molar-refractivity contribution in [3.05, 3.63) is 42.0 Å². The Hall–Kier alpha value is -2.63. The van der Waals surface area contributed by atoms with E-state index < -0.39 is 23.3 Å². The lowest BCUT2D eigenvalue weighted by molar-refractivity contribution is -0.141. The summed E-state index contributed by atoms with van der Waals surface area (Å²) in [6.45, 7) is 5.25. The van der Waals surface area contributed by atoms with E-state index in [9.17, 15) is 14.4 Å². The molecule has 0 bridgehead atoms. The van der Waals surface area contributed by atoms with E-state index in [-0.39, 0.29) is 0 Å². The fourth-order valence-electron chi connectivity index (χ4n) is 1.35. The zero-order valence-electron chi connectivity index (χ0n) is 12.3. The van der Waals surface area contributed by atoms with Crippen LogP contribution in [0.15, 0.2) is 36.4 Å². The summed E-state index contributed by atoms with van der Waals surface area (Å²) >= 11 is 0. The van der Waals surface area contributed by atoms with Gasteiger partial charge in [-0.1, -0.05) is 30.3 Å². The number of hydrogen-bond acceptors (Lipinski definition) is 3. The minimum absolute atomic E-state index is 0.522. The van der Waals surface area contributed by atoms with Gasteiger partial charge in [0.1, 0.15) is 0 Å². The van der Waals surface area contributed by atoms with Crippen molar-refractivity contribution in [1.82, 2.24) is 16.2 Å². The molecule has 112 valence electrons. The Balaban J connectivity index is 2.41. The molecule has 21 heavy (non-hydrogen) atoms. The molecule has 0 fully saturated rings. The summed E-state index contributed by atoms with van der Waals surface area (Å²) in [5, 5.41) is 2.48. The maximum Gasteiger partial charge on any atom is 0.327 e. The van der Waals surface area contributed by atoms with Crippen LogP contribution in [0.2, 0.25) is 0 Å². The van der Waals surface area contributed by atoms with Crippen molar-refractivity contribution in [3.8, 4) is 0 Å². The number of carbonyl (C=O) groups is 3. The molecule has 0 aromatic heterocycles. The first-order valence-corrected chi connectivity index (χ1v) is 6.43. The van der Waals surface area contributed by atoms with Gasteiger partial charge in [-0.3, -0.25) is 25.2 Å². The molecule has 1 aromatic rings. The first-order valence-electron chi connectivity index (χ1n) is 6.43. The summed E-state index contributed by atoms with van der Waals surface area (Å²) in [5.41, 5.74) is 4.50. The van der Waals surface area contributed by atoms with E-state index in [0.29, 0.717) is 0 Å². The number of nitrogens with one attached hydrogen (secondary N) is 3. The number of rotatable bonds is 2. The van der Waals surface area contributed by atoms with Gasteiger partial charge in [0.2, 0.25) is 0 Å². The van der Waals surface area contributed by atoms with Gasteiger partial charge in [0.15, 0.2) is 0 Å². The van der Waals surface area contributed by atoms with Crippen molar-refractivity contribution in [2.45, 2.75) is 26.3 Å². The smallest absolute Gasteiger partial charge is 0.327 e. The predicted molar refractivity (Wildman–Crippen MR) is 79.7 cm³/mol. The van der Waals surface area contributed by atoms with Gasteiger partial charge in [0.25, 0.3) is 5.91 Å². The zero-order valence-corrected chi connectivity index (χ0v) is 12.3. The Morgan fingerprint density at radius 2 is 1.57 bits per heavy atom. The largest absolute Gasteiger partial charge is 0.343 e. The number of carbonyl (C=O) groups excluding carboxylic acids is 3. The monoisotopic (exact) mass is 289 g/mol. The molecule has 6 heteroatoms. The molecular weight excluding hydrogens is 270 g/mol. The van der Waals surface area contributed by atoms with Gasteiger partial charge >= 0.3 is 11.8 Å². The van der Waals surface area contributed by atoms with Crippen LogP contribution in [0.1, 0.15) is 26.3 Å². The van der Waals surface area contributed by atoms with Gasteiger partial charge in [0, 0.05) is 11.6 Å². The minimum atomic E-state index is -0.925. The molecule has 0 saturated heterocycles. The second-order valence-electron chi connectivity index (χ2n) is 5.39. The summed E-state index contributed by atoms with van der Waals surface area (Å²) < 4.78 is 0. The average molecular weight is 289 g/mol. The molecule has 0 aliphatic carbocycles. The maximum atomic E-state index is 11.5. The quantitative estimate of drug-likeness (QED) is 0.427. The summed E-state index contributed by atoms with van der Waals surface area (Å²) in [6, 6.07) is 9.22. The second-order valence-corrected chi connectivity index (χ2v) is 5.39. The fraction of sp³-hybridized carbons (Fsp3) is 0.267. The van der Waals surface area contributed by atoms with Crippen LogP contribution in [0.5, 0.6) is 0 Å². The Morgan fingerprint density at radius 3 is 2.14 bits per heavy atom. The standard InChI is InChI=1S/C15H19N3O3/c1-15(2,3)16-13(20)14(21)18-17-12(19)10-9-11-7-5-4-6-8-11/h4-10H,1-3H3,(H,16,20)(H,17,19)(H,18,21)/b10-9+. The second kappa shape index (κ2) is 7.23. The molecule has 0 saturated carbocycles. The molecule has 0 heterocycles. The number of hydrogen-bond donors (Lipinski definition) is 3. The Kier molecular flexibility index (Phi) is 5.66. The summed E-state index contributed by atoms with van der Waals surface area (Å²) in [5.74, 6) is -2.27. The topological polar surface area (TPSA) is 87.3 Å². The number of amides is 3. The molecule has 0 aliphatic heterocycles. The summed E-state index contributed by atoms with van der Waals surface area (Å²) in [4.78, 5) is 34.4. The highest BCUT2D eigenvalue weighted by Crippen LogP contribution is 2.00. The van der Waals surface area contributed by atoms with Gasteiger partial charge in [-0.05, 0) is 32.4 Å². The minimum Gasteiger partial charge on any atom is -0.343 e. The molecule has 0 atom stereocenters. The van der Waals surface area contributed by atoms with E-state index in [0.717, 1.165) is 5.56 Å². The molecule has 1 rings (SSSR count). The molecule has 1 aromatic carbocycles. The van der Waals surface area contributed by atoms with Gasteiger partial charge in [-0.2, -0.15) is 0 Å². The van der Waals surface area contributed by atoms with E-state index in [1.165, 1.54) is 6.08 Å². The van der Waals surface area contributed by atoms with Crippen LogP contribution in [-0.4, -0.2) is 23.3 Å². The van der Waals surface area contributed by atoms with Gasteiger partial charge < -0.3 is 5.32 Å². The SMILES string of the molecule is CC(C)(C)NC(=O)C(=O)NNC(=O)/C=C/c1ccccc1. The molecule has 0 spiro atoms. The first-order chi connectivity index (χ1) is 9.78. The lowest BCUT2D eigenvalue weighted by atomic mass is 10.1. The molecule has 0 radical (unpaired) electrons. The molecule has 0 unspecified atom stereocenters. The van der Waals surface area contributed by atoms with Gasteiger partial charge in [-0.15, -0.1) is 0 Å². The highest BCUT2D eigenvalue weighted by Gasteiger charge is 2.20. The van der Waals surface area contributed by atoms with Crippen LogP contribution in [0, 0.1) is 0 Å². The van der Waals surface area contributed by atoms with Crippen molar-refractivity contribution in [2.75, 3.05) is 0 Å². The highest BCUT2D eigenvalue weighted by atomic mass is 16.2. The van der Waals surface area contributed by atoms with Crippen LogP contribution in [-0.2, 0) is 14.4 Å². The van der Waals surface area contributed by atoms with Gasteiger partial charge in [-0.25, -0.2) is 0 Å². The van der Waals surface area contributed by atoms with E-state index in [1.54, 1.807) is 26.8 Å². The Bertz CT molecular complexity index is 545. The third-order valence-electron chi connectivity index (χ3n) is 2.22. The van der Waals surface area contributed by atoms with Crippen LogP contribution < -0.4 is 16.2 Å². The highest BCUT2D eigenvalue weighted by molar-refractivity contribution is 6.35. The van der Waals surface area contributed by atoms with Crippen LogP contribution in [0.25, 0.3) is 6.08 Å². The molecule has 0 aliphatic rings.